The molecular formula is C10H15BrN2O. The van der Waals surface area contributed by atoms with Crippen LogP contribution in [0.4, 0.5) is 0 Å². The van der Waals surface area contributed by atoms with Gasteiger partial charge in [0, 0.05) is 30.4 Å². The molecule has 2 N–H and O–H groups in total. The molecule has 14 heavy (non-hydrogen) atoms. The molecule has 0 bridgehead atoms. The zero-order valence-corrected chi connectivity index (χ0v) is 9.83. The van der Waals surface area contributed by atoms with Gasteiger partial charge in [0.1, 0.15) is 0 Å². The molecule has 0 aliphatic heterocycles. The van der Waals surface area contributed by atoms with Crippen molar-refractivity contribution in [2.45, 2.75) is 18.9 Å². The largest absolute Gasteiger partial charge is 0.385 e. The van der Waals surface area contributed by atoms with Crippen molar-refractivity contribution < 1.29 is 4.74 Å². The van der Waals surface area contributed by atoms with Crippen molar-refractivity contribution in [3.8, 4) is 0 Å². The Bertz CT molecular complexity index is 281. The van der Waals surface area contributed by atoms with Crippen LogP contribution in [0.1, 0.15) is 24.6 Å². The SMILES string of the molecule is COCCCC(N)c1ncccc1Br. The van der Waals surface area contributed by atoms with Crippen LogP contribution in [0.5, 0.6) is 0 Å². The van der Waals surface area contributed by atoms with E-state index in [9.17, 15) is 0 Å². The van der Waals surface area contributed by atoms with Gasteiger partial charge >= 0.3 is 0 Å². The minimum atomic E-state index is -0.0132. The third-order valence-electron chi connectivity index (χ3n) is 2.00. The Morgan fingerprint density at radius 2 is 2.43 bits per heavy atom. The van der Waals surface area contributed by atoms with Gasteiger partial charge in [-0.25, -0.2) is 0 Å². The zero-order valence-electron chi connectivity index (χ0n) is 8.24. The van der Waals surface area contributed by atoms with Gasteiger partial charge in [0.15, 0.2) is 0 Å². The van der Waals surface area contributed by atoms with Crippen molar-refractivity contribution >= 4 is 15.9 Å². The highest BCUT2D eigenvalue weighted by atomic mass is 79.9. The Kier molecular flexibility index (Phi) is 5.07. The second kappa shape index (κ2) is 6.11. The third-order valence-corrected chi connectivity index (χ3v) is 2.67. The molecule has 0 saturated heterocycles. The number of ether oxygens (including phenoxy) is 1. The monoisotopic (exact) mass is 258 g/mol. The molecule has 78 valence electrons. The van der Waals surface area contributed by atoms with Crippen LogP contribution in [0, 0.1) is 0 Å². The number of nitrogens with two attached hydrogens (primary N) is 1. The molecule has 4 heteroatoms. The van der Waals surface area contributed by atoms with Crippen LogP contribution < -0.4 is 5.73 Å². The molecule has 0 aliphatic rings. The van der Waals surface area contributed by atoms with Crippen molar-refractivity contribution in [2.75, 3.05) is 13.7 Å². The summed E-state index contributed by atoms with van der Waals surface area (Å²) in [5.74, 6) is 0. The van der Waals surface area contributed by atoms with Gasteiger partial charge in [0.2, 0.25) is 0 Å². The first-order chi connectivity index (χ1) is 6.75. The number of hydrogen-bond acceptors (Lipinski definition) is 3. The molecule has 1 aromatic rings. The maximum Gasteiger partial charge on any atom is 0.0712 e. The van der Waals surface area contributed by atoms with Crippen LogP contribution >= 0.6 is 15.9 Å². The molecule has 1 heterocycles. The van der Waals surface area contributed by atoms with Crippen LogP contribution in [0.15, 0.2) is 22.8 Å². The second-order valence-corrected chi connectivity index (χ2v) is 3.97. The lowest BCUT2D eigenvalue weighted by atomic mass is 10.1. The summed E-state index contributed by atoms with van der Waals surface area (Å²) in [4.78, 5) is 4.24. The van der Waals surface area contributed by atoms with E-state index in [-0.39, 0.29) is 6.04 Å². The number of methoxy groups -OCH3 is 1. The highest BCUT2D eigenvalue weighted by Crippen LogP contribution is 2.21. The van der Waals surface area contributed by atoms with Crippen molar-refractivity contribution in [1.82, 2.24) is 4.98 Å². The fourth-order valence-electron chi connectivity index (χ4n) is 1.26. The van der Waals surface area contributed by atoms with E-state index in [1.807, 2.05) is 12.1 Å². The molecule has 0 amide bonds. The fourth-order valence-corrected chi connectivity index (χ4v) is 1.80. The summed E-state index contributed by atoms with van der Waals surface area (Å²) in [5.41, 5.74) is 6.91. The van der Waals surface area contributed by atoms with E-state index < -0.39 is 0 Å². The first kappa shape index (κ1) is 11.6. The zero-order chi connectivity index (χ0) is 10.4. The summed E-state index contributed by atoms with van der Waals surface area (Å²) in [7, 11) is 1.70. The van der Waals surface area contributed by atoms with E-state index in [1.165, 1.54) is 0 Å². The lowest BCUT2D eigenvalue weighted by molar-refractivity contribution is 0.190. The Morgan fingerprint density at radius 3 is 3.07 bits per heavy atom. The highest BCUT2D eigenvalue weighted by molar-refractivity contribution is 9.10. The van der Waals surface area contributed by atoms with Gasteiger partial charge < -0.3 is 10.5 Å². The van der Waals surface area contributed by atoms with Gasteiger partial charge in [-0.1, -0.05) is 0 Å². The van der Waals surface area contributed by atoms with Crippen molar-refractivity contribution in [3.63, 3.8) is 0 Å². The summed E-state index contributed by atoms with van der Waals surface area (Å²) in [6.07, 6.45) is 3.61. The minimum Gasteiger partial charge on any atom is -0.385 e. The lowest BCUT2D eigenvalue weighted by Gasteiger charge is -2.11. The smallest absolute Gasteiger partial charge is 0.0712 e. The van der Waals surface area contributed by atoms with E-state index in [1.54, 1.807) is 13.3 Å². The lowest BCUT2D eigenvalue weighted by Crippen LogP contribution is -2.13. The van der Waals surface area contributed by atoms with Gasteiger partial charge in [-0.15, -0.1) is 0 Å². The molecule has 1 rings (SSSR count). The fraction of sp³-hybridized carbons (Fsp3) is 0.500. The molecule has 1 aromatic heterocycles. The normalized spacial score (nSPS) is 12.8. The molecule has 0 spiro atoms. The molecule has 1 unspecified atom stereocenters. The molecular weight excluding hydrogens is 244 g/mol. The molecule has 3 nitrogen and oxygen atoms in total. The summed E-state index contributed by atoms with van der Waals surface area (Å²) < 4.78 is 5.95. The van der Waals surface area contributed by atoms with Gasteiger partial charge in [-0.2, -0.15) is 0 Å². The number of rotatable bonds is 5. The minimum absolute atomic E-state index is 0.0132. The van der Waals surface area contributed by atoms with Gasteiger partial charge in [0.25, 0.3) is 0 Å². The Morgan fingerprint density at radius 1 is 1.64 bits per heavy atom. The first-order valence-electron chi connectivity index (χ1n) is 4.60. The Hall–Kier alpha value is -0.450. The van der Waals surface area contributed by atoms with Crippen LogP contribution in [0.3, 0.4) is 0 Å². The summed E-state index contributed by atoms with van der Waals surface area (Å²) in [6, 6.07) is 3.83. The first-order valence-corrected chi connectivity index (χ1v) is 5.40. The van der Waals surface area contributed by atoms with Crippen LogP contribution in [0.25, 0.3) is 0 Å². The van der Waals surface area contributed by atoms with Crippen molar-refractivity contribution in [2.24, 2.45) is 5.73 Å². The van der Waals surface area contributed by atoms with E-state index in [2.05, 4.69) is 20.9 Å². The predicted octanol–water partition coefficient (Wildman–Crippen LogP) is 2.27. The maximum absolute atomic E-state index is 5.99. The second-order valence-electron chi connectivity index (χ2n) is 3.11. The van der Waals surface area contributed by atoms with E-state index in [0.717, 1.165) is 29.6 Å². The number of nitrogens with zero attached hydrogens (tertiary/aromatic N) is 1. The third kappa shape index (κ3) is 3.36. The van der Waals surface area contributed by atoms with Gasteiger partial charge in [0.05, 0.1) is 5.69 Å². The molecule has 0 radical (unpaired) electrons. The highest BCUT2D eigenvalue weighted by Gasteiger charge is 2.09. The van der Waals surface area contributed by atoms with Crippen LogP contribution in [-0.4, -0.2) is 18.7 Å². The average Bonchev–Trinajstić information content (AvgIpc) is 2.18. The Labute approximate surface area is 92.8 Å². The number of aromatic nitrogens is 1. The van der Waals surface area contributed by atoms with E-state index in [4.69, 9.17) is 10.5 Å². The van der Waals surface area contributed by atoms with Gasteiger partial charge in [-0.05, 0) is 40.9 Å². The van der Waals surface area contributed by atoms with Crippen molar-refractivity contribution in [1.29, 1.82) is 0 Å². The average molecular weight is 259 g/mol. The quantitative estimate of drug-likeness (QED) is 0.825. The molecule has 0 aliphatic carbocycles. The molecule has 1 atom stereocenters. The predicted molar refractivity (Wildman–Crippen MR) is 60.0 cm³/mol. The van der Waals surface area contributed by atoms with Crippen LogP contribution in [0.2, 0.25) is 0 Å². The van der Waals surface area contributed by atoms with Crippen LogP contribution in [-0.2, 0) is 4.74 Å². The molecule has 0 saturated carbocycles. The summed E-state index contributed by atoms with van der Waals surface area (Å²) in [6.45, 7) is 0.748. The standard InChI is InChI=1S/C10H15BrN2O/c1-14-7-3-5-9(12)10-8(11)4-2-6-13-10/h2,4,6,9H,3,5,7,12H2,1H3. The summed E-state index contributed by atoms with van der Waals surface area (Å²) in [5, 5.41) is 0. The number of halogens is 1. The molecule has 0 aromatic carbocycles. The Balaban J connectivity index is 2.51. The number of hydrogen-bond donors (Lipinski definition) is 1. The van der Waals surface area contributed by atoms with Gasteiger partial charge in [-0.3, -0.25) is 4.98 Å². The van der Waals surface area contributed by atoms with E-state index >= 15 is 0 Å². The maximum atomic E-state index is 5.99. The summed E-state index contributed by atoms with van der Waals surface area (Å²) >= 11 is 3.43. The molecule has 0 fully saturated rings. The number of pyridine rings is 1. The van der Waals surface area contributed by atoms with Crippen molar-refractivity contribution in [3.05, 3.63) is 28.5 Å². The van der Waals surface area contributed by atoms with E-state index in [0.29, 0.717) is 0 Å². The topological polar surface area (TPSA) is 48.1 Å².